The fourth-order valence-corrected chi connectivity index (χ4v) is 2.29. The average Bonchev–Trinajstić information content (AvgIpc) is 2.87. The maximum atomic E-state index is 11.8. The monoisotopic (exact) mass is 263 g/mol. The first-order valence-electron chi connectivity index (χ1n) is 6.09. The van der Waals surface area contributed by atoms with Gasteiger partial charge in [-0.15, -0.1) is 0 Å². The van der Waals surface area contributed by atoms with Crippen LogP contribution in [-0.4, -0.2) is 36.4 Å². The number of aromatic nitrogens is 1. The van der Waals surface area contributed by atoms with E-state index in [4.69, 9.17) is 11.5 Å². The summed E-state index contributed by atoms with van der Waals surface area (Å²) in [6.45, 7) is 0.678. The number of hydrogen-bond donors (Lipinski definition) is 3. The Hall–Kier alpha value is -2.31. The maximum absolute atomic E-state index is 11.8. The van der Waals surface area contributed by atoms with E-state index < -0.39 is 5.91 Å². The molecule has 1 fully saturated rings. The molecule has 7 nitrogen and oxygen atoms in total. The molecule has 1 aromatic rings. The first-order valence-corrected chi connectivity index (χ1v) is 6.09. The van der Waals surface area contributed by atoms with E-state index in [0.29, 0.717) is 18.1 Å². The van der Waals surface area contributed by atoms with Crippen LogP contribution in [-0.2, 0) is 4.79 Å². The molecule has 19 heavy (non-hydrogen) atoms. The van der Waals surface area contributed by atoms with E-state index in [1.165, 1.54) is 6.07 Å². The van der Waals surface area contributed by atoms with Gasteiger partial charge in [-0.2, -0.15) is 0 Å². The molecule has 2 rings (SSSR count). The fraction of sp³-hybridized carbons (Fsp3) is 0.417. The predicted molar refractivity (Wildman–Crippen MR) is 71.6 cm³/mol. The van der Waals surface area contributed by atoms with Gasteiger partial charge in [0.05, 0.1) is 5.69 Å². The highest BCUT2D eigenvalue weighted by molar-refractivity contribution is 5.92. The molecule has 0 aliphatic carbocycles. The lowest BCUT2D eigenvalue weighted by molar-refractivity contribution is -0.121. The Morgan fingerprint density at radius 2 is 2.21 bits per heavy atom. The molecule has 1 aliphatic heterocycles. The number of pyridine rings is 1. The van der Waals surface area contributed by atoms with Gasteiger partial charge >= 0.3 is 0 Å². The maximum Gasteiger partial charge on any atom is 0.267 e. The van der Waals surface area contributed by atoms with Gasteiger partial charge in [0.15, 0.2) is 5.82 Å². The van der Waals surface area contributed by atoms with Gasteiger partial charge in [-0.1, -0.05) is 0 Å². The van der Waals surface area contributed by atoms with Crippen LogP contribution in [0.4, 0.5) is 11.5 Å². The third-order valence-electron chi connectivity index (χ3n) is 3.23. The molecule has 0 aromatic carbocycles. The lowest BCUT2D eigenvalue weighted by atomic mass is 10.2. The van der Waals surface area contributed by atoms with Crippen LogP contribution in [0.5, 0.6) is 0 Å². The molecule has 7 heteroatoms. The van der Waals surface area contributed by atoms with Crippen molar-refractivity contribution in [2.75, 3.05) is 24.2 Å². The lowest BCUT2D eigenvalue weighted by Gasteiger charge is -2.25. The van der Waals surface area contributed by atoms with Crippen molar-refractivity contribution >= 4 is 23.3 Å². The number of rotatable bonds is 3. The quantitative estimate of drug-likeness (QED) is 0.678. The van der Waals surface area contributed by atoms with Crippen LogP contribution in [0, 0.1) is 0 Å². The lowest BCUT2D eigenvalue weighted by Crippen LogP contribution is -2.42. The summed E-state index contributed by atoms with van der Waals surface area (Å²) in [5, 5.41) is 2.62. The molecule has 0 saturated carbocycles. The molecule has 1 aromatic heterocycles. The second-order valence-electron chi connectivity index (χ2n) is 4.44. The van der Waals surface area contributed by atoms with Crippen molar-refractivity contribution in [1.82, 2.24) is 10.3 Å². The van der Waals surface area contributed by atoms with Crippen molar-refractivity contribution in [1.29, 1.82) is 0 Å². The first-order chi connectivity index (χ1) is 9.04. The van der Waals surface area contributed by atoms with Crippen molar-refractivity contribution in [3.8, 4) is 0 Å². The molecule has 1 aliphatic rings. The van der Waals surface area contributed by atoms with Gasteiger partial charge in [0.1, 0.15) is 11.7 Å². The highest BCUT2D eigenvalue weighted by Crippen LogP contribution is 2.28. The highest BCUT2D eigenvalue weighted by Gasteiger charge is 2.32. The third-order valence-corrected chi connectivity index (χ3v) is 3.23. The smallest absolute Gasteiger partial charge is 0.267 e. The fourth-order valence-electron chi connectivity index (χ4n) is 2.29. The molecule has 102 valence electrons. The minimum absolute atomic E-state index is 0.0804. The number of likely N-dealkylation sites (N-methyl/N-ethyl adjacent to an activating group) is 1. The number of nitrogens with two attached hydrogens (primary N) is 2. The normalized spacial score (nSPS) is 18.4. The summed E-state index contributed by atoms with van der Waals surface area (Å²) in [7, 11) is 1.59. The van der Waals surface area contributed by atoms with Crippen LogP contribution in [0.2, 0.25) is 0 Å². The van der Waals surface area contributed by atoms with Crippen molar-refractivity contribution in [3.63, 3.8) is 0 Å². The molecule has 1 saturated heterocycles. The molecular weight excluding hydrogens is 246 g/mol. The summed E-state index contributed by atoms with van der Waals surface area (Å²) in [5.41, 5.74) is 11.7. The summed E-state index contributed by atoms with van der Waals surface area (Å²) in [6, 6.07) is 2.76. The number of carbonyl (C=O) groups excluding carboxylic acids is 2. The van der Waals surface area contributed by atoms with Gasteiger partial charge in [0.25, 0.3) is 5.91 Å². The van der Waals surface area contributed by atoms with E-state index in [1.807, 2.05) is 4.90 Å². The Labute approximate surface area is 111 Å². The Morgan fingerprint density at radius 3 is 2.84 bits per heavy atom. The van der Waals surface area contributed by atoms with E-state index >= 15 is 0 Å². The van der Waals surface area contributed by atoms with Crippen LogP contribution in [0.3, 0.4) is 0 Å². The van der Waals surface area contributed by atoms with Crippen molar-refractivity contribution in [3.05, 3.63) is 17.8 Å². The van der Waals surface area contributed by atoms with Gasteiger partial charge < -0.3 is 21.7 Å². The molecule has 0 radical (unpaired) electrons. The number of amides is 2. The zero-order valence-corrected chi connectivity index (χ0v) is 10.7. The minimum Gasteiger partial charge on any atom is -0.396 e. The van der Waals surface area contributed by atoms with Crippen LogP contribution in [0.25, 0.3) is 0 Å². The standard InChI is InChI=1S/C12H17N5O2/c1-15-12(19)9-3-2-6-17(9)11-7(13)4-5-8(16-11)10(14)18/h4-5,9H,2-3,6,13H2,1H3,(H2,14,18)(H,15,19). The SMILES string of the molecule is CNC(=O)C1CCCN1c1nc(C(N)=O)ccc1N. The van der Waals surface area contributed by atoms with E-state index in [1.54, 1.807) is 13.1 Å². The Balaban J connectivity index is 2.37. The summed E-state index contributed by atoms with van der Waals surface area (Å²) in [4.78, 5) is 29.0. The molecule has 0 spiro atoms. The molecule has 1 unspecified atom stereocenters. The predicted octanol–water partition coefficient (Wildman–Crippen LogP) is -0.522. The van der Waals surface area contributed by atoms with Crippen LogP contribution < -0.4 is 21.7 Å². The van der Waals surface area contributed by atoms with Crippen molar-refractivity contribution in [2.24, 2.45) is 5.73 Å². The number of primary amides is 1. The number of nitrogens with zero attached hydrogens (tertiary/aromatic N) is 2. The van der Waals surface area contributed by atoms with E-state index in [-0.39, 0.29) is 17.6 Å². The molecule has 1 atom stereocenters. The molecule has 5 N–H and O–H groups in total. The van der Waals surface area contributed by atoms with Crippen LogP contribution >= 0.6 is 0 Å². The Morgan fingerprint density at radius 1 is 1.47 bits per heavy atom. The molecule has 2 amide bonds. The van der Waals surface area contributed by atoms with Crippen LogP contribution in [0.15, 0.2) is 12.1 Å². The Bertz CT molecular complexity index is 517. The van der Waals surface area contributed by atoms with Gasteiger partial charge in [-0.05, 0) is 25.0 Å². The zero-order valence-electron chi connectivity index (χ0n) is 10.7. The van der Waals surface area contributed by atoms with E-state index in [0.717, 1.165) is 12.8 Å². The summed E-state index contributed by atoms with van der Waals surface area (Å²) < 4.78 is 0. The minimum atomic E-state index is -0.614. The van der Waals surface area contributed by atoms with Crippen molar-refractivity contribution in [2.45, 2.75) is 18.9 Å². The summed E-state index contributed by atoms with van der Waals surface area (Å²) in [5.74, 6) is -0.248. The number of nitrogen functional groups attached to an aromatic ring is 1. The van der Waals surface area contributed by atoms with Gasteiger partial charge in [0.2, 0.25) is 5.91 Å². The van der Waals surface area contributed by atoms with Gasteiger partial charge in [-0.3, -0.25) is 9.59 Å². The highest BCUT2D eigenvalue weighted by atomic mass is 16.2. The number of carbonyl (C=O) groups is 2. The molecular formula is C12H17N5O2. The van der Waals surface area contributed by atoms with Crippen LogP contribution in [0.1, 0.15) is 23.3 Å². The largest absolute Gasteiger partial charge is 0.396 e. The molecule has 2 heterocycles. The van der Waals surface area contributed by atoms with Crippen molar-refractivity contribution < 1.29 is 9.59 Å². The second-order valence-corrected chi connectivity index (χ2v) is 4.44. The summed E-state index contributed by atoms with van der Waals surface area (Å²) in [6.07, 6.45) is 1.61. The number of anilines is 2. The first kappa shape index (κ1) is 13.1. The Kier molecular flexibility index (Phi) is 3.55. The zero-order chi connectivity index (χ0) is 14.0. The molecule has 0 bridgehead atoms. The van der Waals surface area contributed by atoms with Gasteiger partial charge in [0, 0.05) is 13.6 Å². The number of nitrogens with one attached hydrogen (secondary N) is 1. The summed E-state index contributed by atoms with van der Waals surface area (Å²) >= 11 is 0. The topological polar surface area (TPSA) is 114 Å². The third kappa shape index (κ3) is 2.44. The van der Waals surface area contributed by atoms with Gasteiger partial charge in [-0.25, -0.2) is 4.98 Å². The average molecular weight is 263 g/mol. The van der Waals surface area contributed by atoms with E-state index in [9.17, 15) is 9.59 Å². The van der Waals surface area contributed by atoms with E-state index in [2.05, 4.69) is 10.3 Å². The number of hydrogen-bond acceptors (Lipinski definition) is 5. The second kappa shape index (κ2) is 5.13.